The highest BCUT2D eigenvalue weighted by atomic mass is 16.6. The minimum atomic E-state index is -0.674. The number of para-hydroxylation sites is 1. The molecule has 0 atom stereocenters. The Kier molecular flexibility index (Phi) is 6.61. The SMILES string of the molecule is COc1ccc(/C=C(\C#N)C(=O)OCCOc2ccccc2C)cc1. The number of hydrogen-bond donors (Lipinski definition) is 0. The molecule has 128 valence electrons. The smallest absolute Gasteiger partial charge is 0.349 e. The van der Waals surface area contributed by atoms with E-state index < -0.39 is 5.97 Å². The molecule has 0 spiro atoms. The van der Waals surface area contributed by atoms with Gasteiger partial charge in [0.05, 0.1) is 7.11 Å². The maximum absolute atomic E-state index is 12.0. The van der Waals surface area contributed by atoms with Gasteiger partial charge in [-0.15, -0.1) is 0 Å². The van der Waals surface area contributed by atoms with Gasteiger partial charge in [0.2, 0.25) is 0 Å². The lowest BCUT2D eigenvalue weighted by atomic mass is 10.1. The van der Waals surface area contributed by atoms with Gasteiger partial charge in [-0.3, -0.25) is 0 Å². The van der Waals surface area contributed by atoms with Crippen molar-refractivity contribution in [3.05, 3.63) is 65.2 Å². The lowest BCUT2D eigenvalue weighted by Crippen LogP contribution is -2.13. The standard InChI is InChI=1S/C20H19NO4/c1-15-5-3-4-6-19(15)24-11-12-25-20(22)17(14-21)13-16-7-9-18(23-2)10-8-16/h3-10,13H,11-12H2,1-2H3/b17-13+. The van der Waals surface area contributed by atoms with Crippen LogP contribution in [-0.4, -0.2) is 26.3 Å². The summed E-state index contributed by atoms with van der Waals surface area (Å²) >= 11 is 0. The zero-order valence-electron chi connectivity index (χ0n) is 14.2. The molecule has 5 nitrogen and oxygen atoms in total. The molecule has 0 unspecified atom stereocenters. The number of carbonyl (C=O) groups excluding carboxylic acids is 1. The first kappa shape index (κ1) is 18.1. The average molecular weight is 337 g/mol. The molecule has 0 aliphatic carbocycles. The Bertz CT molecular complexity index is 788. The molecule has 0 aromatic heterocycles. The molecule has 2 aromatic rings. The number of rotatable bonds is 7. The van der Waals surface area contributed by atoms with Crippen LogP contribution in [0.4, 0.5) is 0 Å². The minimum absolute atomic E-state index is 0.0643. The molecule has 25 heavy (non-hydrogen) atoms. The molecule has 5 heteroatoms. The second-order valence-corrected chi connectivity index (χ2v) is 5.19. The molecule has 2 rings (SSSR count). The molecule has 0 bridgehead atoms. The van der Waals surface area contributed by atoms with Crippen LogP contribution in [0.5, 0.6) is 11.5 Å². The monoisotopic (exact) mass is 337 g/mol. The third-order valence-corrected chi connectivity index (χ3v) is 3.43. The highest BCUT2D eigenvalue weighted by molar-refractivity contribution is 5.97. The topological polar surface area (TPSA) is 68.5 Å². The maximum atomic E-state index is 12.0. The predicted molar refractivity (Wildman–Crippen MR) is 94.2 cm³/mol. The molecule has 0 radical (unpaired) electrons. The summed E-state index contributed by atoms with van der Waals surface area (Å²) in [6.07, 6.45) is 1.48. The van der Waals surface area contributed by atoms with Gasteiger partial charge in [0, 0.05) is 0 Å². The molecule has 0 fully saturated rings. The second-order valence-electron chi connectivity index (χ2n) is 5.19. The fourth-order valence-corrected chi connectivity index (χ4v) is 2.09. The molecule has 0 saturated carbocycles. The normalized spacial score (nSPS) is 10.7. The van der Waals surface area contributed by atoms with Crippen LogP contribution in [0, 0.1) is 18.3 Å². The van der Waals surface area contributed by atoms with E-state index in [0.29, 0.717) is 11.3 Å². The van der Waals surface area contributed by atoms with Crippen LogP contribution >= 0.6 is 0 Å². The van der Waals surface area contributed by atoms with E-state index in [0.717, 1.165) is 11.3 Å². The zero-order valence-corrected chi connectivity index (χ0v) is 14.2. The van der Waals surface area contributed by atoms with Gasteiger partial charge in [-0.25, -0.2) is 4.79 Å². The van der Waals surface area contributed by atoms with Gasteiger partial charge in [0.1, 0.15) is 36.4 Å². The highest BCUT2D eigenvalue weighted by Crippen LogP contribution is 2.16. The lowest BCUT2D eigenvalue weighted by molar-refractivity contribution is -0.139. The van der Waals surface area contributed by atoms with E-state index in [1.54, 1.807) is 31.4 Å². The van der Waals surface area contributed by atoms with Crippen molar-refractivity contribution in [3.8, 4) is 17.6 Å². The van der Waals surface area contributed by atoms with Gasteiger partial charge >= 0.3 is 5.97 Å². The summed E-state index contributed by atoms with van der Waals surface area (Å²) in [7, 11) is 1.57. The van der Waals surface area contributed by atoms with Crippen molar-refractivity contribution < 1.29 is 19.0 Å². The van der Waals surface area contributed by atoms with Crippen molar-refractivity contribution in [3.63, 3.8) is 0 Å². The Labute approximate surface area is 147 Å². The van der Waals surface area contributed by atoms with Crippen molar-refractivity contribution in [2.75, 3.05) is 20.3 Å². The van der Waals surface area contributed by atoms with Gasteiger partial charge in [-0.2, -0.15) is 5.26 Å². The Balaban J connectivity index is 1.88. The molecule has 0 aliphatic heterocycles. The van der Waals surface area contributed by atoms with Crippen molar-refractivity contribution in [2.24, 2.45) is 0 Å². The van der Waals surface area contributed by atoms with Gasteiger partial charge < -0.3 is 14.2 Å². The highest BCUT2D eigenvalue weighted by Gasteiger charge is 2.11. The first-order valence-corrected chi connectivity index (χ1v) is 7.75. The largest absolute Gasteiger partial charge is 0.497 e. The van der Waals surface area contributed by atoms with E-state index in [9.17, 15) is 4.79 Å². The first-order chi connectivity index (χ1) is 12.1. The third kappa shape index (κ3) is 5.40. The van der Waals surface area contributed by atoms with Gasteiger partial charge in [0.25, 0.3) is 0 Å². The molecule has 0 amide bonds. The van der Waals surface area contributed by atoms with Crippen LogP contribution in [0.3, 0.4) is 0 Å². The Hall–Kier alpha value is -3.26. The van der Waals surface area contributed by atoms with Crippen molar-refractivity contribution in [2.45, 2.75) is 6.92 Å². The van der Waals surface area contributed by atoms with E-state index in [2.05, 4.69) is 0 Å². The van der Waals surface area contributed by atoms with Crippen molar-refractivity contribution in [1.82, 2.24) is 0 Å². The van der Waals surface area contributed by atoms with Gasteiger partial charge in [0.15, 0.2) is 0 Å². The molecule has 0 aliphatic rings. The summed E-state index contributed by atoms with van der Waals surface area (Å²) in [6.45, 7) is 2.22. The van der Waals surface area contributed by atoms with Crippen molar-refractivity contribution in [1.29, 1.82) is 5.26 Å². The molecular weight excluding hydrogens is 318 g/mol. The van der Waals surface area contributed by atoms with E-state index in [-0.39, 0.29) is 18.8 Å². The van der Waals surface area contributed by atoms with Crippen LogP contribution in [0.2, 0.25) is 0 Å². The fourth-order valence-electron chi connectivity index (χ4n) is 2.09. The Morgan fingerprint density at radius 1 is 1.12 bits per heavy atom. The van der Waals surface area contributed by atoms with Gasteiger partial charge in [-0.05, 0) is 42.3 Å². The number of benzene rings is 2. The van der Waals surface area contributed by atoms with E-state index in [1.165, 1.54) is 6.08 Å². The number of carbonyl (C=O) groups is 1. The fraction of sp³-hybridized carbons (Fsp3) is 0.200. The molecule has 0 saturated heterocycles. The van der Waals surface area contributed by atoms with Crippen molar-refractivity contribution >= 4 is 12.0 Å². The van der Waals surface area contributed by atoms with Crippen LogP contribution in [-0.2, 0) is 9.53 Å². The summed E-state index contributed by atoms with van der Waals surface area (Å²) in [6, 6.07) is 16.5. The minimum Gasteiger partial charge on any atom is -0.497 e. The quantitative estimate of drug-likeness (QED) is 0.335. The summed E-state index contributed by atoms with van der Waals surface area (Å²) < 4.78 is 15.7. The predicted octanol–water partition coefficient (Wildman–Crippen LogP) is 3.53. The van der Waals surface area contributed by atoms with Crippen LogP contribution in [0.15, 0.2) is 54.1 Å². The zero-order chi connectivity index (χ0) is 18.1. The van der Waals surface area contributed by atoms with Crippen LogP contribution < -0.4 is 9.47 Å². The van der Waals surface area contributed by atoms with E-state index in [4.69, 9.17) is 19.5 Å². The van der Waals surface area contributed by atoms with Crippen LogP contribution in [0.1, 0.15) is 11.1 Å². The summed E-state index contributed by atoms with van der Waals surface area (Å²) in [5, 5.41) is 9.15. The molecule has 2 aromatic carbocycles. The number of hydrogen-bond acceptors (Lipinski definition) is 5. The number of methoxy groups -OCH3 is 1. The third-order valence-electron chi connectivity index (χ3n) is 3.43. The molecule has 0 heterocycles. The number of ether oxygens (including phenoxy) is 3. The number of nitriles is 1. The van der Waals surface area contributed by atoms with E-state index >= 15 is 0 Å². The second kappa shape index (κ2) is 9.14. The summed E-state index contributed by atoms with van der Waals surface area (Å²) in [5.41, 5.74) is 1.65. The molecular formula is C20H19NO4. The Morgan fingerprint density at radius 3 is 2.48 bits per heavy atom. The summed E-state index contributed by atoms with van der Waals surface area (Å²) in [4.78, 5) is 12.0. The number of nitrogens with zero attached hydrogens (tertiary/aromatic N) is 1. The number of esters is 1. The first-order valence-electron chi connectivity index (χ1n) is 7.75. The molecule has 0 N–H and O–H groups in total. The van der Waals surface area contributed by atoms with Gasteiger partial charge in [-0.1, -0.05) is 30.3 Å². The lowest BCUT2D eigenvalue weighted by Gasteiger charge is -2.09. The number of aryl methyl sites for hydroxylation is 1. The maximum Gasteiger partial charge on any atom is 0.349 e. The van der Waals surface area contributed by atoms with Crippen LogP contribution in [0.25, 0.3) is 6.08 Å². The summed E-state index contributed by atoms with van der Waals surface area (Å²) in [5.74, 6) is 0.770. The average Bonchev–Trinajstić information content (AvgIpc) is 2.65. The van der Waals surface area contributed by atoms with E-state index in [1.807, 2.05) is 37.3 Å². The Morgan fingerprint density at radius 2 is 1.84 bits per heavy atom.